The van der Waals surface area contributed by atoms with Crippen LogP contribution in [0.3, 0.4) is 0 Å². The van der Waals surface area contributed by atoms with Crippen molar-refractivity contribution < 1.29 is 4.49 Å². The van der Waals surface area contributed by atoms with E-state index in [2.05, 4.69) is 127 Å². The highest BCUT2D eigenvalue weighted by molar-refractivity contribution is 6.83. The molecule has 2 aliphatic heterocycles. The van der Waals surface area contributed by atoms with Crippen molar-refractivity contribution in [2.45, 2.75) is 34.0 Å². The summed E-state index contributed by atoms with van der Waals surface area (Å²) in [6, 6.07) is 24.9. The molecular weight excluding hydrogens is 424 g/mol. The van der Waals surface area contributed by atoms with E-state index < -0.39 is 0 Å². The summed E-state index contributed by atoms with van der Waals surface area (Å²) in [7, 11) is 2.23. The molecule has 0 atom stereocenters. The van der Waals surface area contributed by atoms with Crippen molar-refractivity contribution in [3.05, 3.63) is 84.5 Å². The van der Waals surface area contributed by atoms with Gasteiger partial charge >= 0.3 is 6.85 Å². The number of rotatable bonds is 3. The Morgan fingerprint density at radius 2 is 1.49 bits per heavy atom. The van der Waals surface area contributed by atoms with Gasteiger partial charge in [0.2, 0.25) is 0 Å². The maximum absolute atomic E-state index is 2.55. The summed E-state index contributed by atoms with van der Waals surface area (Å²) in [5.41, 5.74) is 6.65. The van der Waals surface area contributed by atoms with Gasteiger partial charge in [-0.25, -0.2) is 0 Å². The standard InChI is InChI=1S/C30H32B2N3/c1-6-34-25-17-11-10-15-24(25)29-28-22(16-12-18-26(28)33(5)32(29)4)21-13-8-9-14-23(21)30(34)27-19-20-31(3)35(27)7-2/h8-20H,6-7H2,1-5H3/q+1. The Morgan fingerprint density at radius 3 is 2.23 bits per heavy atom. The lowest BCUT2D eigenvalue weighted by molar-refractivity contribution is -0.379. The fraction of sp³-hybridized carbons (Fsp3) is 0.233. The number of aromatic nitrogens is 1. The number of anilines is 1. The van der Waals surface area contributed by atoms with Crippen LogP contribution >= 0.6 is 0 Å². The van der Waals surface area contributed by atoms with Crippen LogP contribution in [0.4, 0.5) is 5.69 Å². The van der Waals surface area contributed by atoms with Crippen molar-refractivity contribution in [2.24, 2.45) is 0 Å². The molecule has 0 radical (unpaired) electrons. The van der Waals surface area contributed by atoms with Crippen LogP contribution in [0.2, 0.25) is 13.6 Å². The lowest BCUT2D eigenvalue weighted by Gasteiger charge is -2.19. The van der Waals surface area contributed by atoms with E-state index in [0.29, 0.717) is 13.7 Å². The molecule has 6 rings (SSSR count). The number of benzene rings is 3. The zero-order chi connectivity index (χ0) is 24.3. The van der Waals surface area contributed by atoms with Crippen molar-refractivity contribution in [2.75, 3.05) is 18.4 Å². The molecule has 4 aromatic rings. The van der Waals surface area contributed by atoms with E-state index >= 15 is 0 Å². The number of para-hydroxylation sites is 1. The zero-order valence-electron chi connectivity index (χ0n) is 21.4. The fourth-order valence-electron chi connectivity index (χ4n) is 6.37. The Hall–Kier alpha value is -3.46. The number of nitrogens with zero attached hydrogens (tertiary/aromatic N) is 3. The van der Waals surface area contributed by atoms with Gasteiger partial charge in [0.25, 0.3) is 6.85 Å². The normalized spacial score (nSPS) is 14.8. The van der Waals surface area contributed by atoms with E-state index in [1.165, 1.54) is 55.0 Å². The van der Waals surface area contributed by atoms with Crippen molar-refractivity contribution in [3.63, 3.8) is 0 Å². The van der Waals surface area contributed by atoms with Crippen LogP contribution < -0.4 is 10.3 Å². The minimum Gasteiger partial charge on any atom is -0.413 e. The molecule has 2 aliphatic rings. The average Bonchev–Trinajstić information content (AvgIpc) is 3.39. The molecule has 0 bridgehead atoms. The molecule has 3 nitrogen and oxygen atoms in total. The summed E-state index contributed by atoms with van der Waals surface area (Å²) in [6.45, 7) is 11.7. The van der Waals surface area contributed by atoms with Gasteiger partial charge in [-0.1, -0.05) is 61.4 Å². The van der Waals surface area contributed by atoms with Crippen LogP contribution in [0.25, 0.3) is 32.4 Å². The number of allylic oxidation sites excluding steroid dienone is 1. The molecule has 0 spiro atoms. The number of hydrogen-bond acceptors (Lipinski definition) is 1. The van der Waals surface area contributed by atoms with E-state index in [4.69, 9.17) is 0 Å². The molecule has 35 heavy (non-hydrogen) atoms. The van der Waals surface area contributed by atoms with Crippen LogP contribution in [0.15, 0.2) is 78.8 Å². The average molecular weight is 456 g/mol. The maximum Gasteiger partial charge on any atom is 0.508 e. The van der Waals surface area contributed by atoms with E-state index in [1.54, 1.807) is 0 Å². The monoisotopic (exact) mass is 456 g/mol. The Morgan fingerprint density at radius 1 is 0.800 bits per heavy atom. The Balaban J connectivity index is 2.01. The molecule has 172 valence electrons. The van der Waals surface area contributed by atoms with E-state index in [9.17, 15) is 0 Å². The minimum atomic E-state index is 0.297. The van der Waals surface area contributed by atoms with Gasteiger partial charge in [0.05, 0.1) is 0 Å². The second kappa shape index (κ2) is 8.34. The van der Waals surface area contributed by atoms with E-state index in [0.717, 1.165) is 13.1 Å². The SMILES string of the molecule is CCn1c(C2=[N+](CC)B(C)C=C2)c2ccccc2c2cccc3c2c(c2ccccc21)B(C)N3C. The van der Waals surface area contributed by atoms with Gasteiger partial charge in [0.15, 0.2) is 5.71 Å². The van der Waals surface area contributed by atoms with Crippen molar-refractivity contribution in [1.29, 1.82) is 0 Å². The first-order valence-corrected chi connectivity index (χ1v) is 13.0. The molecule has 0 fully saturated rings. The topological polar surface area (TPSA) is 11.2 Å². The molecule has 3 heterocycles. The first kappa shape index (κ1) is 22.0. The molecule has 5 heteroatoms. The lowest BCUT2D eigenvalue weighted by Crippen LogP contribution is -2.38. The quantitative estimate of drug-likeness (QED) is 0.349. The van der Waals surface area contributed by atoms with Gasteiger partial charge in [-0.05, 0) is 67.4 Å². The van der Waals surface area contributed by atoms with Gasteiger partial charge in [-0.2, -0.15) is 0 Å². The first-order valence-electron chi connectivity index (χ1n) is 13.0. The highest BCUT2D eigenvalue weighted by atomic mass is 15.1. The molecular formula is C30H32B2N3+. The van der Waals surface area contributed by atoms with Crippen LogP contribution in [0.1, 0.15) is 19.5 Å². The Labute approximate surface area is 208 Å². The Bertz CT molecular complexity index is 1630. The van der Waals surface area contributed by atoms with E-state index in [-0.39, 0.29) is 0 Å². The summed E-state index contributed by atoms with van der Waals surface area (Å²) in [5.74, 6) is 2.34. The largest absolute Gasteiger partial charge is 0.508 e. The predicted octanol–water partition coefficient (Wildman–Crippen LogP) is 5.92. The smallest absolute Gasteiger partial charge is 0.413 e. The van der Waals surface area contributed by atoms with Gasteiger partial charge in [-0.3, -0.25) is 0 Å². The van der Waals surface area contributed by atoms with E-state index in [1.807, 2.05) is 0 Å². The molecule has 0 unspecified atom stereocenters. The van der Waals surface area contributed by atoms with Crippen LogP contribution in [-0.2, 0) is 6.54 Å². The second-order valence-corrected chi connectivity index (χ2v) is 9.83. The van der Waals surface area contributed by atoms with Gasteiger partial charge in [0, 0.05) is 34.6 Å². The third-order valence-corrected chi connectivity index (χ3v) is 8.15. The highest BCUT2D eigenvalue weighted by Crippen LogP contribution is 2.36. The summed E-state index contributed by atoms with van der Waals surface area (Å²) >= 11 is 0. The molecule has 1 aromatic heterocycles. The fourth-order valence-corrected chi connectivity index (χ4v) is 6.37. The maximum atomic E-state index is 2.55. The molecule has 0 aliphatic carbocycles. The number of aryl methyl sites for hydroxylation is 1. The zero-order valence-corrected chi connectivity index (χ0v) is 21.4. The summed E-state index contributed by atoms with van der Waals surface area (Å²) in [5, 5.41) is 6.65. The second-order valence-electron chi connectivity index (χ2n) is 9.83. The van der Waals surface area contributed by atoms with Crippen LogP contribution in [0.5, 0.6) is 0 Å². The van der Waals surface area contributed by atoms with Crippen molar-refractivity contribution in [1.82, 2.24) is 4.57 Å². The molecule has 3 aromatic carbocycles. The Kier molecular flexibility index (Phi) is 5.25. The van der Waals surface area contributed by atoms with Gasteiger partial charge in [0.1, 0.15) is 12.2 Å². The van der Waals surface area contributed by atoms with Gasteiger partial charge < -0.3 is 13.9 Å². The van der Waals surface area contributed by atoms with Crippen molar-refractivity contribution >= 4 is 63.0 Å². The first-order chi connectivity index (χ1) is 17.1. The number of hydrogen-bond donors (Lipinski definition) is 0. The predicted molar refractivity (Wildman–Crippen MR) is 156 cm³/mol. The lowest BCUT2D eigenvalue weighted by atomic mass is 9.58. The third kappa shape index (κ3) is 3.10. The highest BCUT2D eigenvalue weighted by Gasteiger charge is 2.33. The molecule has 0 amide bonds. The number of fused-ring (bicyclic) bond motifs is 4. The minimum absolute atomic E-state index is 0.297. The molecule has 0 N–H and O–H groups in total. The third-order valence-electron chi connectivity index (χ3n) is 8.15. The molecule has 0 saturated heterocycles. The summed E-state index contributed by atoms with van der Waals surface area (Å²) in [6.07, 6.45) is 2.34. The summed E-state index contributed by atoms with van der Waals surface area (Å²) < 4.78 is 5.08. The van der Waals surface area contributed by atoms with Crippen LogP contribution in [0, 0.1) is 0 Å². The molecule has 0 saturated carbocycles. The van der Waals surface area contributed by atoms with Gasteiger partial charge in [-0.15, -0.1) is 0 Å². The summed E-state index contributed by atoms with van der Waals surface area (Å²) in [4.78, 5) is 2.44. The van der Waals surface area contributed by atoms with Crippen molar-refractivity contribution in [3.8, 4) is 0 Å². The van der Waals surface area contributed by atoms with Crippen LogP contribution in [-0.4, -0.2) is 42.1 Å².